The van der Waals surface area contributed by atoms with Crippen LogP contribution in [-0.2, 0) is 5.75 Å². The van der Waals surface area contributed by atoms with Gasteiger partial charge in [-0.3, -0.25) is 0 Å². The van der Waals surface area contributed by atoms with Crippen molar-refractivity contribution >= 4 is 23.1 Å². The maximum Gasteiger partial charge on any atom is 0.110 e. The van der Waals surface area contributed by atoms with Gasteiger partial charge in [0.1, 0.15) is 5.01 Å². The monoisotopic (exact) mass is 354 g/mol. The molecule has 2 aromatic carbocycles. The topological polar surface area (TPSA) is 24.9 Å². The Balaban J connectivity index is 1.87. The summed E-state index contributed by atoms with van der Waals surface area (Å²) in [7, 11) is 1.97. The summed E-state index contributed by atoms with van der Waals surface area (Å²) in [5.74, 6) is 0.973. The molecule has 2 nitrogen and oxygen atoms in total. The van der Waals surface area contributed by atoms with Gasteiger partial charge in [0.2, 0.25) is 0 Å². The van der Waals surface area contributed by atoms with Crippen LogP contribution in [0, 0.1) is 6.92 Å². The fourth-order valence-corrected chi connectivity index (χ4v) is 4.32. The molecule has 0 bridgehead atoms. The first-order valence-corrected chi connectivity index (χ1v) is 9.94. The highest BCUT2D eigenvalue weighted by Gasteiger charge is 2.13. The molecule has 0 amide bonds. The van der Waals surface area contributed by atoms with Gasteiger partial charge in [0.15, 0.2) is 0 Å². The average molecular weight is 355 g/mol. The number of aryl methyl sites for hydroxylation is 1. The van der Waals surface area contributed by atoms with E-state index >= 15 is 0 Å². The van der Waals surface area contributed by atoms with Crippen molar-refractivity contribution in [2.24, 2.45) is 0 Å². The number of hydrogen-bond acceptors (Lipinski definition) is 4. The van der Waals surface area contributed by atoms with Gasteiger partial charge in [-0.05, 0) is 38.6 Å². The van der Waals surface area contributed by atoms with Crippen molar-refractivity contribution in [2.45, 2.75) is 30.5 Å². The number of nitrogens with one attached hydrogen (secondary N) is 1. The summed E-state index contributed by atoms with van der Waals surface area (Å²) in [6.07, 6.45) is 0. The number of thiazole rings is 1. The van der Waals surface area contributed by atoms with Crippen LogP contribution in [0.2, 0.25) is 0 Å². The van der Waals surface area contributed by atoms with Gasteiger partial charge in [-0.1, -0.05) is 42.0 Å². The molecule has 1 heterocycles. The Morgan fingerprint density at radius 1 is 1.17 bits per heavy atom. The molecule has 1 atom stereocenters. The summed E-state index contributed by atoms with van der Waals surface area (Å²) in [6.45, 7) is 4.28. The lowest BCUT2D eigenvalue weighted by molar-refractivity contribution is 0.648. The van der Waals surface area contributed by atoms with Gasteiger partial charge in [0.05, 0.1) is 11.7 Å². The third-order valence-corrected chi connectivity index (χ3v) is 6.15. The first-order valence-electron chi connectivity index (χ1n) is 8.08. The summed E-state index contributed by atoms with van der Waals surface area (Å²) in [5.41, 5.74) is 4.93. The van der Waals surface area contributed by atoms with E-state index < -0.39 is 0 Å². The molecule has 0 aliphatic rings. The van der Waals surface area contributed by atoms with Gasteiger partial charge in [-0.25, -0.2) is 4.98 Å². The Bertz CT molecular complexity index is 796. The first-order chi connectivity index (χ1) is 11.7. The summed E-state index contributed by atoms with van der Waals surface area (Å²) < 4.78 is 0. The highest BCUT2D eigenvalue weighted by atomic mass is 32.2. The van der Waals surface area contributed by atoms with Crippen molar-refractivity contribution in [1.29, 1.82) is 0 Å². The fourth-order valence-electron chi connectivity index (χ4n) is 2.44. The Labute approximate surface area is 152 Å². The zero-order valence-electron chi connectivity index (χ0n) is 14.2. The largest absolute Gasteiger partial charge is 0.311 e. The number of rotatable bonds is 6. The minimum Gasteiger partial charge on any atom is -0.311 e. The molecule has 1 unspecified atom stereocenters. The van der Waals surface area contributed by atoms with Crippen molar-refractivity contribution < 1.29 is 0 Å². The van der Waals surface area contributed by atoms with Crippen LogP contribution in [0.3, 0.4) is 0 Å². The van der Waals surface area contributed by atoms with Crippen LogP contribution in [0.15, 0.2) is 58.8 Å². The molecule has 0 fully saturated rings. The second kappa shape index (κ2) is 7.97. The highest BCUT2D eigenvalue weighted by molar-refractivity contribution is 7.98. The molecular weight excluding hydrogens is 332 g/mol. The SMILES string of the molecule is CNC(C)c1nc(-c2cc(C)ccc2SCc2ccccc2)cs1. The second-order valence-electron chi connectivity index (χ2n) is 5.86. The molecule has 3 aromatic rings. The molecule has 24 heavy (non-hydrogen) atoms. The van der Waals surface area contributed by atoms with E-state index in [2.05, 4.69) is 73.1 Å². The third-order valence-electron chi connectivity index (χ3n) is 3.97. The molecule has 0 saturated carbocycles. The maximum atomic E-state index is 4.85. The van der Waals surface area contributed by atoms with Gasteiger partial charge in [-0.15, -0.1) is 23.1 Å². The Morgan fingerprint density at radius 2 is 1.96 bits per heavy atom. The van der Waals surface area contributed by atoms with Crippen molar-refractivity contribution in [3.8, 4) is 11.3 Å². The van der Waals surface area contributed by atoms with Crippen LogP contribution < -0.4 is 5.32 Å². The number of benzene rings is 2. The second-order valence-corrected chi connectivity index (χ2v) is 7.76. The van der Waals surface area contributed by atoms with Crippen LogP contribution >= 0.6 is 23.1 Å². The maximum absolute atomic E-state index is 4.85. The molecule has 0 aliphatic carbocycles. The van der Waals surface area contributed by atoms with Crippen LogP contribution in [0.25, 0.3) is 11.3 Å². The Kier molecular flexibility index (Phi) is 5.72. The molecule has 1 aromatic heterocycles. The molecule has 4 heteroatoms. The first kappa shape index (κ1) is 17.2. The molecule has 0 saturated heterocycles. The Morgan fingerprint density at radius 3 is 2.71 bits per heavy atom. The van der Waals surface area contributed by atoms with Gasteiger partial charge >= 0.3 is 0 Å². The molecule has 0 radical (unpaired) electrons. The lowest BCUT2D eigenvalue weighted by atomic mass is 10.1. The summed E-state index contributed by atoms with van der Waals surface area (Å²) >= 11 is 3.60. The van der Waals surface area contributed by atoms with E-state index in [1.54, 1.807) is 11.3 Å². The molecule has 0 aliphatic heterocycles. The zero-order valence-corrected chi connectivity index (χ0v) is 15.9. The van der Waals surface area contributed by atoms with E-state index in [1.807, 2.05) is 18.8 Å². The Hall–Kier alpha value is -1.62. The van der Waals surface area contributed by atoms with Crippen molar-refractivity contribution in [3.05, 3.63) is 70.0 Å². The lowest BCUT2D eigenvalue weighted by Crippen LogP contribution is -2.11. The lowest BCUT2D eigenvalue weighted by Gasteiger charge is -2.09. The van der Waals surface area contributed by atoms with Crippen LogP contribution in [-0.4, -0.2) is 12.0 Å². The van der Waals surface area contributed by atoms with Gasteiger partial charge in [0, 0.05) is 21.6 Å². The molecule has 124 valence electrons. The molecule has 1 N–H and O–H groups in total. The van der Waals surface area contributed by atoms with Crippen molar-refractivity contribution in [1.82, 2.24) is 10.3 Å². The smallest absolute Gasteiger partial charge is 0.110 e. The van der Waals surface area contributed by atoms with E-state index in [0.29, 0.717) is 0 Å². The predicted molar refractivity (Wildman–Crippen MR) is 106 cm³/mol. The number of aromatic nitrogens is 1. The van der Waals surface area contributed by atoms with Gasteiger partial charge < -0.3 is 5.32 Å². The minimum absolute atomic E-state index is 0.286. The molecular formula is C20H22N2S2. The normalized spacial score (nSPS) is 12.3. The van der Waals surface area contributed by atoms with Crippen LogP contribution in [0.4, 0.5) is 0 Å². The molecule has 3 rings (SSSR count). The van der Waals surface area contributed by atoms with Crippen molar-refractivity contribution in [3.63, 3.8) is 0 Å². The van der Waals surface area contributed by atoms with Crippen molar-refractivity contribution in [2.75, 3.05) is 7.05 Å². The number of nitrogens with zero attached hydrogens (tertiary/aromatic N) is 1. The summed E-state index contributed by atoms with van der Waals surface area (Å²) in [6, 6.07) is 17.5. The quantitative estimate of drug-likeness (QED) is 0.576. The van der Waals surface area contributed by atoms with Gasteiger partial charge in [-0.2, -0.15) is 0 Å². The number of hydrogen-bond donors (Lipinski definition) is 1. The fraction of sp³-hybridized carbons (Fsp3) is 0.250. The van der Waals surface area contributed by atoms with E-state index in [-0.39, 0.29) is 6.04 Å². The number of thioether (sulfide) groups is 1. The van der Waals surface area contributed by atoms with E-state index in [4.69, 9.17) is 4.98 Å². The zero-order chi connectivity index (χ0) is 16.9. The summed E-state index contributed by atoms with van der Waals surface area (Å²) in [5, 5.41) is 6.56. The average Bonchev–Trinajstić information content (AvgIpc) is 3.11. The van der Waals surface area contributed by atoms with E-state index in [0.717, 1.165) is 16.5 Å². The van der Waals surface area contributed by atoms with Crippen LogP contribution in [0.1, 0.15) is 29.1 Å². The summed E-state index contributed by atoms with van der Waals surface area (Å²) in [4.78, 5) is 6.14. The minimum atomic E-state index is 0.286. The third kappa shape index (κ3) is 4.07. The van der Waals surface area contributed by atoms with E-state index in [9.17, 15) is 0 Å². The van der Waals surface area contributed by atoms with Crippen LogP contribution in [0.5, 0.6) is 0 Å². The van der Waals surface area contributed by atoms with E-state index in [1.165, 1.54) is 21.6 Å². The highest BCUT2D eigenvalue weighted by Crippen LogP contribution is 2.35. The predicted octanol–water partition coefficient (Wildman–Crippen LogP) is 5.69. The standard InChI is InChI=1S/C20H22N2S2/c1-14-9-10-19(23-12-16-7-5-4-6-8-16)17(11-14)18-13-24-20(22-18)15(2)21-3/h4-11,13,15,21H,12H2,1-3H3. The molecule has 0 spiro atoms. The van der Waals surface area contributed by atoms with Gasteiger partial charge in [0.25, 0.3) is 0 Å².